The fourth-order valence-electron chi connectivity index (χ4n) is 3.67. The molecule has 0 aliphatic carbocycles. The normalized spacial score (nSPS) is 34.8. The largest absolute Gasteiger partial charge is 0.378 e. The minimum absolute atomic E-state index is 0.0243. The van der Waals surface area contributed by atoms with Crippen molar-refractivity contribution in [1.29, 1.82) is 0 Å². The van der Waals surface area contributed by atoms with Crippen molar-refractivity contribution >= 4 is 6.03 Å². The van der Waals surface area contributed by atoms with Crippen LogP contribution >= 0.6 is 0 Å². The highest BCUT2D eigenvalue weighted by molar-refractivity contribution is 5.76. The highest BCUT2D eigenvalue weighted by Crippen LogP contribution is 2.41. The van der Waals surface area contributed by atoms with Gasteiger partial charge in [0.05, 0.1) is 13.2 Å². The number of amides is 2. The smallest absolute Gasteiger partial charge is 0.320 e. The molecule has 0 aromatic heterocycles. The number of morpholine rings is 1. The van der Waals surface area contributed by atoms with E-state index in [2.05, 4.69) is 24.1 Å². The first kappa shape index (κ1) is 12.2. The standard InChI is InChI=1S/C13H23N3O2/c1-13(2)11-8-14-7-10(11)9-16(13)12(17)15-3-5-18-6-4-15/h10-11,14H,3-9H2,1-2H3. The highest BCUT2D eigenvalue weighted by Gasteiger charge is 2.52. The van der Waals surface area contributed by atoms with Gasteiger partial charge in [-0.1, -0.05) is 0 Å². The van der Waals surface area contributed by atoms with Crippen LogP contribution in [0, 0.1) is 11.8 Å². The maximum absolute atomic E-state index is 12.6. The van der Waals surface area contributed by atoms with Crippen molar-refractivity contribution in [2.45, 2.75) is 19.4 Å². The molecule has 2 unspecified atom stereocenters. The van der Waals surface area contributed by atoms with Crippen molar-refractivity contribution in [3.63, 3.8) is 0 Å². The summed E-state index contributed by atoms with van der Waals surface area (Å²) in [5.74, 6) is 1.23. The van der Waals surface area contributed by atoms with Crippen LogP contribution in [0.1, 0.15) is 13.8 Å². The molecule has 2 amide bonds. The monoisotopic (exact) mass is 253 g/mol. The number of nitrogens with one attached hydrogen (secondary N) is 1. The molecule has 18 heavy (non-hydrogen) atoms. The summed E-state index contributed by atoms with van der Waals surface area (Å²) in [6, 6.07) is 0.206. The molecule has 3 aliphatic heterocycles. The number of urea groups is 1. The first-order valence-corrected chi connectivity index (χ1v) is 6.95. The highest BCUT2D eigenvalue weighted by atomic mass is 16.5. The Labute approximate surface area is 108 Å². The average Bonchev–Trinajstić information content (AvgIpc) is 2.92. The van der Waals surface area contributed by atoms with Gasteiger partial charge in [0, 0.05) is 38.3 Å². The third-order valence-electron chi connectivity index (χ3n) is 4.87. The third kappa shape index (κ3) is 1.80. The van der Waals surface area contributed by atoms with E-state index in [0.29, 0.717) is 25.0 Å². The molecule has 3 fully saturated rings. The van der Waals surface area contributed by atoms with Gasteiger partial charge in [-0.15, -0.1) is 0 Å². The summed E-state index contributed by atoms with van der Waals surface area (Å²) in [5, 5.41) is 3.45. The summed E-state index contributed by atoms with van der Waals surface area (Å²) in [5.41, 5.74) is -0.0243. The fraction of sp³-hybridized carbons (Fsp3) is 0.923. The zero-order valence-electron chi connectivity index (χ0n) is 11.3. The molecule has 5 nitrogen and oxygen atoms in total. The Bertz CT molecular complexity index is 339. The number of fused-ring (bicyclic) bond motifs is 1. The summed E-state index contributed by atoms with van der Waals surface area (Å²) >= 11 is 0. The second-order valence-corrected chi connectivity index (χ2v) is 6.17. The Morgan fingerprint density at radius 2 is 2.00 bits per heavy atom. The van der Waals surface area contributed by atoms with E-state index in [-0.39, 0.29) is 11.6 Å². The molecular weight excluding hydrogens is 230 g/mol. The van der Waals surface area contributed by atoms with Gasteiger partial charge in [-0.2, -0.15) is 0 Å². The Kier molecular flexibility index (Phi) is 2.98. The summed E-state index contributed by atoms with van der Waals surface area (Å²) in [6.07, 6.45) is 0. The van der Waals surface area contributed by atoms with Crippen molar-refractivity contribution in [2.24, 2.45) is 11.8 Å². The maximum atomic E-state index is 12.6. The Balaban J connectivity index is 1.74. The molecule has 1 N–H and O–H groups in total. The predicted octanol–water partition coefficient (Wildman–Crippen LogP) is 0.368. The molecule has 3 heterocycles. The van der Waals surface area contributed by atoms with E-state index in [9.17, 15) is 4.79 Å². The summed E-state index contributed by atoms with van der Waals surface area (Å²) in [4.78, 5) is 16.7. The fourth-order valence-corrected chi connectivity index (χ4v) is 3.67. The maximum Gasteiger partial charge on any atom is 0.320 e. The molecule has 3 aliphatic rings. The van der Waals surface area contributed by atoms with Gasteiger partial charge in [-0.05, 0) is 25.7 Å². The lowest BCUT2D eigenvalue weighted by Gasteiger charge is -2.39. The summed E-state index contributed by atoms with van der Waals surface area (Å²) < 4.78 is 5.32. The number of carbonyl (C=O) groups excluding carboxylic acids is 1. The lowest BCUT2D eigenvalue weighted by atomic mass is 9.85. The van der Waals surface area contributed by atoms with Crippen LogP contribution < -0.4 is 5.32 Å². The lowest BCUT2D eigenvalue weighted by Crippen LogP contribution is -2.54. The predicted molar refractivity (Wildman–Crippen MR) is 68.4 cm³/mol. The number of nitrogens with zero attached hydrogens (tertiary/aromatic N) is 2. The Morgan fingerprint density at radius 1 is 1.28 bits per heavy atom. The number of ether oxygens (including phenoxy) is 1. The topological polar surface area (TPSA) is 44.8 Å². The van der Waals surface area contributed by atoms with Gasteiger partial charge < -0.3 is 19.9 Å². The zero-order chi connectivity index (χ0) is 12.8. The molecule has 3 rings (SSSR count). The SMILES string of the molecule is CC1(C)C2CNCC2CN1C(=O)N1CCOCC1. The minimum atomic E-state index is -0.0243. The summed E-state index contributed by atoms with van der Waals surface area (Å²) in [7, 11) is 0. The van der Waals surface area contributed by atoms with E-state index < -0.39 is 0 Å². The van der Waals surface area contributed by atoms with Gasteiger partial charge in [0.15, 0.2) is 0 Å². The van der Waals surface area contributed by atoms with Crippen molar-refractivity contribution in [3.8, 4) is 0 Å². The average molecular weight is 253 g/mol. The molecular formula is C13H23N3O2. The minimum Gasteiger partial charge on any atom is -0.378 e. The number of rotatable bonds is 0. The lowest BCUT2D eigenvalue weighted by molar-refractivity contribution is 0.0350. The van der Waals surface area contributed by atoms with Gasteiger partial charge in [0.2, 0.25) is 0 Å². The van der Waals surface area contributed by atoms with Gasteiger partial charge in [-0.3, -0.25) is 0 Å². The van der Waals surface area contributed by atoms with E-state index in [4.69, 9.17) is 4.74 Å². The van der Waals surface area contributed by atoms with Crippen LogP contribution in [0.3, 0.4) is 0 Å². The first-order chi connectivity index (χ1) is 8.60. The molecule has 102 valence electrons. The van der Waals surface area contributed by atoms with E-state index in [1.165, 1.54) is 0 Å². The second kappa shape index (κ2) is 4.38. The van der Waals surface area contributed by atoms with Crippen LogP contribution in [0.15, 0.2) is 0 Å². The third-order valence-corrected chi connectivity index (χ3v) is 4.87. The quantitative estimate of drug-likeness (QED) is 0.678. The Hall–Kier alpha value is -0.810. The number of likely N-dealkylation sites (tertiary alicyclic amines) is 1. The van der Waals surface area contributed by atoms with Gasteiger partial charge in [-0.25, -0.2) is 4.79 Å². The van der Waals surface area contributed by atoms with Crippen molar-refractivity contribution in [1.82, 2.24) is 15.1 Å². The van der Waals surface area contributed by atoms with Crippen LogP contribution in [0.25, 0.3) is 0 Å². The van der Waals surface area contributed by atoms with E-state index in [0.717, 1.165) is 32.7 Å². The van der Waals surface area contributed by atoms with Gasteiger partial charge in [0.25, 0.3) is 0 Å². The zero-order valence-corrected chi connectivity index (χ0v) is 11.3. The number of hydrogen-bond donors (Lipinski definition) is 1. The first-order valence-electron chi connectivity index (χ1n) is 6.95. The molecule has 0 radical (unpaired) electrons. The number of hydrogen-bond acceptors (Lipinski definition) is 3. The van der Waals surface area contributed by atoms with Crippen molar-refractivity contribution in [2.75, 3.05) is 45.9 Å². The molecule has 3 saturated heterocycles. The van der Waals surface area contributed by atoms with E-state index >= 15 is 0 Å². The molecule has 0 aromatic rings. The molecule has 0 spiro atoms. The van der Waals surface area contributed by atoms with E-state index in [1.807, 2.05) is 4.90 Å². The summed E-state index contributed by atoms with van der Waals surface area (Å²) in [6.45, 7) is 10.2. The van der Waals surface area contributed by atoms with Gasteiger partial charge in [0.1, 0.15) is 0 Å². The molecule has 2 atom stereocenters. The van der Waals surface area contributed by atoms with Crippen molar-refractivity contribution < 1.29 is 9.53 Å². The van der Waals surface area contributed by atoms with Crippen LogP contribution in [-0.2, 0) is 4.74 Å². The number of carbonyl (C=O) groups is 1. The second-order valence-electron chi connectivity index (χ2n) is 6.17. The van der Waals surface area contributed by atoms with Crippen LogP contribution in [0.2, 0.25) is 0 Å². The molecule has 0 aromatic carbocycles. The molecule has 0 saturated carbocycles. The van der Waals surface area contributed by atoms with Crippen LogP contribution in [0.4, 0.5) is 4.79 Å². The molecule has 5 heteroatoms. The van der Waals surface area contributed by atoms with E-state index in [1.54, 1.807) is 0 Å². The van der Waals surface area contributed by atoms with Crippen molar-refractivity contribution in [3.05, 3.63) is 0 Å². The van der Waals surface area contributed by atoms with Crippen LogP contribution in [-0.4, -0.2) is 67.3 Å². The van der Waals surface area contributed by atoms with Gasteiger partial charge >= 0.3 is 6.03 Å². The van der Waals surface area contributed by atoms with Crippen LogP contribution in [0.5, 0.6) is 0 Å². The Morgan fingerprint density at radius 3 is 2.67 bits per heavy atom. The molecule has 0 bridgehead atoms.